The molecule has 210 valence electrons. The van der Waals surface area contributed by atoms with Crippen LogP contribution in [0.3, 0.4) is 0 Å². The number of likely N-dealkylation sites (N-methyl/N-ethyl adjacent to an activating group) is 1. The lowest BCUT2D eigenvalue weighted by Gasteiger charge is -2.30. The van der Waals surface area contributed by atoms with E-state index in [1.54, 1.807) is 42.5 Å². The summed E-state index contributed by atoms with van der Waals surface area (Å²) in [6.07, 6.45) is -6.18. The lowest BCUT2D eigenvalue weighted by Crippen LogP contribution is -2.41. The third-order valence-electron chi connectivity index (χ3n) is 6.40. The van der Waals surface area contributed by atoms with E-state index in [9.17, 15) is 32.3 Å². The van der Waals surface area contributed by atoms with Crippen LogP contribution in [-0.4, -0.2) is 48.4 Å². The van der Waals surface area contributed by atoms with Crippen LogP contribution in [0.2, 0.25) is 0 Å². The molecule has 3 aromatic rings. The van der Waals surface area contributed by atoms with Crippen LogP contribution in [0.15, 0.2) is 72.8 Å². The van der Waals surface area contributed by atoms with Crippen LogP contribution in [-0.2, 0) is 25.7 Å². The Labute approximate surface area is 233 Å². The Hall–Kier alpha value is -4.95. The number of hydrogen-bond acceptors (Lipinski definition) is 6. The SMILES string of the molecule is CN1C(=O)CN(C(CC(=O)OC(=O)C(F)(F)F)c2ccccc2)C(=O)c2cc(C#Cc3cccc(CN)c3)ccc21. The van der Waals surface area contributed by atoms with Gasteiger partial charge in [-0.05, 0) is 41.5 Å². The summed E-state index contributed by atoms with van der Waals surface area (Å²) in [7, 11) is 1.48. The van der Waals surface area contributed by atoms with E-state index < -0.39 is 48.9 Å². The number of carbonyl (C=O) groups is 4. The van der Waals surface area contributed by atoms with Gasteiger partial charge in [0.2, 0.25) is 5.91 Å². The van der Waals surface area contributed by atoms with Gasteiger partial charge in [0.25, 0.3) is 5.91 Å². The van der Waals surface area contributed by atoms with Gasteiger partial charge in [-0.15, -0.1) is 0 Å². The highest BCUT2D eigenvalue weighted by atomic mass is 19.4. The van der Waals surface area contributed by atoms with Gasteiger partial charge in [0.15, 0.2) is 0 Å². The molecule has 0 radical (unpaired) electrons. The minimum absolute atomic E-state index is 0.0986. The number of anilines is 1. The fourth-order valence-electron chi connectivity index (χ4n) is 4.31. The fourth-order valence-corrected chi connectivity index (χ4v) is 4.31. The van der Waals surface area contributed by atoms with Crippen molar-refractivity contribution in [3.63, 3.8) is 0 Å². The highest BCUT2D eigenvalue weighted by Gasteiger charge is 2.43. The summed E-state index contributed by atoms with van der Waals surface area (Å²) >= 11 is 0. The summed E-state index contributed by atoms with van der Waals surface area (Å²) < 4.78 is 42.1. The number of ether oxygens (including phenoxy) is 1. The van der Waals surface area contributed by atoms with Crippen LogP contribution >= 0.6 is 0 Å². The number of fused-ring (bicyclic) bond motifs is 1. The monoisotopic (exact) mass is 563 g/mol. The molecular weight excluding hydrogens is 539 g/mol. The minimum Gasteiger partial charge on any atom is -0.386 e. The average molecular weight is 564 g/mol. The number of esters is 2. The molecule has 0 spiro atoms. The van der Waals surface area contributed by atoms with E-state index in [1.165, 1.54) is 18.0 Å². The molecule has 2 amide bonds. The molecule has 1 unspecified atom stereocenters. The first-order valence-electron chi connectivity index (χ1n) is 12.4. The highest BCUT2D eigenvalue weighted by molar-refractivity contribution is 6.10. The number of carbonyl (C=O) groups excluding carboxylic acids is 4. The second-order valence-corrected chi connectivity index (χ2v) is 9.16. The van der Waals surface area contributed by atoms with Crippen molar-refractivity contribution >= 4 is 29.4 Å². The number of benzene rings is 3. The zero-order valence-electron chi connectivity index (χ0n) is 21.8. The first-order valence-corrected chi connectivity index (χ1v) is 12.4. The predicted octanol–water partition coefficient (Wildman–Crippen LogP) is 3.73. The molecule has 8 nitrogen and oxygen atoms in total. The Balaban J connectivity index is 1.72. The number of halogens is 3. The maximum atomic E-state index is 13.9. The third-order valence-corrected chi connectivity index (χ3v) is 6.40. The second kappa shape index (κ2) is 12.1. The maximum Gasteiger partial charge on any atom is 0.491 e. The van der Waals surface area contributed by atoms with Gasteiger partial charge in [-0.3, -0.25) is 14.4 Å². The van der Waals surface area contributed by atoms with E-state index in [2.05, 4.69) is 16.6 Å². The maximum absolute atomic E-state index is 13.9. The van der Waals surface area contributed by atoms with Gasteiger partial charge in [0.1, 0.15) is 6.54 Å². The molecule has 0 saturated carbocycles. The van der Waals surface area contributed by atoms with E-state index in [0.717, 1.165) is 10.5 Å². The second-order valence-electron chi connectivity index (χ2n) is 9.16. The van der Waals surface area contributed by atoms with Gasteiger partial charge in [0.05, 0.1) is 23.7 Å². The standard InChI is InChI=1S/C30H24F3N3O5/c1-35-24-13-12-20(11-10-19-6-5-7-21(14-19)17-34)15-23(24)28(39)36(18-26(35)37)25(22-8-3-2-4-9-22)16-27(38)41-29(40)30(31,32)33/h2-9,12-15,25H,16-18,34H2,1H3. The number of nitrogens with two attached hydrogens (primary N) is 1. The summed E-state index contributed by atoms with van der Waals surface area (Å²) in [5.41, 5.74) is 8.50. The Morgan fingerprint density at radius 2 is 1.66 bits per heavy atom. The van der Waals surface area contributed by atoms with Crippen molar-refractivity contribution in [2.75, 3.05) is 18.5 Å². The molecule has 0 aromatic heterocycles. The van der Waals surface area contributed by atoms with Gasteiger partial charge < -0.3 is 20.3 Å². The molecule has 0 aliphatic carbocycles. The minimum atomic E-state index is -5.38. The Morgan fingerprint density at radius 1 is 0.976 bits per heavy atom. The number of alkyl halides is 3. The zero-order chi connectivity index (χ0) is 29.7. The number of nitrogens with zero attached hydrogens (tertiary/aromatic N) is 2. The van der Waals surface area contributed by atoms with Crippen LogP contribution in [0.1, 0.15) is 45.1 Å². The van der Waals surface area contributed by atoms with Gasteiger partial charge in [0, 0.05) is 24.7 Å². The fraction of sp³-hybridized carbons (Fsp3) is 0.200. The number of hydrogen-bond donors (Lipinski definition) is 1. The lowest BCUT2D eigenvalue weighted by molar-refractivity contribution is -0.202. The van der Waals surface area contributed by atoms with Crippen molar-refractivity contribution in [1.29, 1.82) is 0 Å². The summed E-state index contributed by atoms with van der Waals surface area (Å²) in [6, 6.07) is 18.8. The van der Waals surface area contributed by atoms with Crippen LogP contribution < -0.4 is 10.6 Å². The normalized spacial score (nSPS) is 14.0. The summed E-state index contributed by atoms with van der Waals surface area (Å²) in [5.74, 6) is 0.672. The van der Waals surface area contributed by atoms with E-state index in [4.69, 9.17) is 5.73 Å². The molecule has 1 aliphatic heterocycles. The Bertz CT molecular complexity index is 1560. The number of rotatable bonds is 5. The van der Waals surface area contributed by atoms with Crippen molar-refractivity contribution < 1.29 is 37.1 Å². The van der Waals surface area contributed by atoms with Crippen molar-refractivity contribution in [3.05, 3.63) is 101 Å². The molecule has 1 atom stereocenters. The quantitative estimate of drug-likeness (QED) is 0.288. The van der Waals surface area contributed by atoms with Gasteiger partial charge >= 0.3 is 18.1 Å². The van der Waals surface area contributed by atoms with Crippen LogP contribution in [0, 0.1) is 11.8 Å². The summed E-state index contributed by atoms with van der Waals surface area (Å²) in [5, 5.41) is 0. The molecule has 1 aliphatic rings. The van der Waals surface area contributed by atoms with Crippen molar-refractivity contribution in [2.45, 2.75) is 25.2 Å². The van der Waals surface area contributed by atoms with Crippen LogP contribution in [0.25, 0.3) is 0 Å². The van der Waals surface area contributed by atoms with Gasteiger partial charge in [-0.2, -0.15) is 13.2 Å². The van der Waals surface area contributed by atoms with Crippen molar-refractivity contribution in [2.24, 2.45) is 5.73 Å². The molecule has 0 bridgehead atoms. The van der Waals surface area contributed by atoms with E-state index >= 15 is 0 Å². The van der Waals surface area contributed by atoms with Gasteiger partial charge in [-0.1, -0.05) is 54.3 Å². The first kappa shape index (κ1) is 29.0. The first-order chi connectivity index (χ1) is 19.5. The molecular formula is C30H24F3N3O5. The predicted molar refractivity (Wildman–Crippen MR) is 142 cm³/mol. The molecule has 0 fully saturated rings. The van der Waals surface area contributed by atoms with E-state index in [0.29, 0.717) is 28.9 Å². The smallest absolute Gasteiger partial charge is 0.386 e. The molecule has 2 N–H and O–H groups in total. The average Bonchev–Trinajstić information content (AvgIpc) is 3.05. The molecule has 1 heterocycles. The molecule has 4 rings (SSSR count). The number of amides is 2. The van der Waals surface area contributed by atoms with E-state index in [1.807, 2.05) is 24.3 Å². The van der Waals surface area contributed by atoms with E-state index in [-0.39, 0.29) is 5.56 Å². The zero-order valence-corrected chi connectivity index (χ0v) is 21.8. The van der Waals surface area contributed by atoms with Crippen molar-refractivity contribution in [3.8, 4) is 11.8 Å². The summed E-state index contributed by atoms with van der Waals surface area (Å²) in [4.78, 5) is 53.0. The molecule has 3 aromatic carbocycles. The van der Waals surface area contributed by atoms with Crippen LogP contribution in [0.4, 0.5) is 18.9 Å². The highest BCUT2D eigenvalue weighted by Crippen LogP contribution is 2.33. The lowest BCUT2D eigenvalue weighted by atomic mass is 10.00. The summed E-state index contributed by atoms with van der Waals surface area (Å²) in [6.45, 7) is -0.142. The van der Waals surface area contributed by atoms with Crippen LogP contribution in [0.5, 0.6) is 0 Å². The Kier molecular flexibility index (Phi) is 8.54. The third kappa shape index (κ3) is 6.80. The molecule has 11 heteroatoms. The molecule has 0 saturated heterocycles. The molecule has 41 heavy (non-hydrogen) atoms. The van der Waals surface area contributed by atoms with Crippen molar-refractivity contribution in [1.82, 2.24) is 4.90 Å². The van der Waals surface area contributed by atoms with Gasteiger partial charge in [-0.25, -0.2) is 4.79 Å². The largest absolute Gasteiger partial charge is 0.491 e. The topological polar surface area (TPSA) is 110 Å². The Morgan fingerprint density at radius 3 is 2.32 bits per heavy atom.